The summed E-state index contributed by atoms with van der Waals surface area (Å²) in [7, 11) is 1.60. The molecule has 0 saturated heterocycles. The molecule has 1 aromatic heterocycles. The minimum atomic E-state index is -0.596. The number of hydrogen-bond acceptors (Lipinski definition) is 3. The van der Waals surface area contributed by atoms with E-state index in [2.05, 4.69) is 4.98 Å². The number of hydrogen-bond donors (Lipinski definition) is 1. The molecule has 3 nitrogen and oxygen atoms in total. The van der Waals surface area contributed by atoms with Crippen molar-refractivity contribution in [1.82, 2.24) is 4.98 Å². The molecule has 0 bridgehead atoms. The predicted molar refractivity (Wildman–Crippen MR) is 65.9 cm³/mol. The SMILES string of the molecule is COc1ccccc1C(O)Cc1ccccn1. The molecule has 0 aliphatic heterocycles. The molecule has 2 aromatic rings. The number of rotatable bonds is 4. The van der Waals surface area contributed by atoms with Gasteiger partial charge in [-0.3, -0.25) is 4.98 Å². The first-order chi connectivity index (χ1) is 8.31. The molecule has 0 aliphatic rings. The Kier molecular flexibility index (Phi) is 3.73. The van der Waals surface area contributed by atoms with Crippen LogP contribution in [-0.2, 0) is 6.42 Å². The van der Waals surface area contributed by atoms with Crippen LogP contribution in [0.3, 0.4) is 0 Å². The van der Waals surface area contributed by atoms with E-state index in [-0.39, 0.29) is 0 Å². The van der Waals surface area contributed by atoms with Crippen LogP contribution in [0, 0.1) is 0 Å². The van der Waals surface area contributed by atoms with E-state index in [0.717, 1.165) is 11.3 Å². The van der Waals surface area contributed by atoms with Gasteiger partial charge in [0.15, 0.2) is 0 Å². The third kappa shape index (κ3) is 2.82. The zero-order valence-corrected chi connectivity index (χ0v) is 9.71. The maximum atomic E-state index is 10.2. The normalized spacial score (nSPS) is 12.1. The van der Waals surface area contributed by atoms with Gasteiger partial charge in [-0.1, -0.05) is 24.3 Å². The zero-order chi connectivity index (χ0) is 12.1. The molecule has 3 heteroatoms. The number of benzene rings is 1. The van der Waals surface area contributed by atoms with Crippen molar-refractivity contribution in [2.45, 2.75) is 12.5 Å². The molecular formula is C14H15NO2. The lowest BCUT2D eigenvalue weighted by atomic mass is 10.0. The molecule has 0 amide bonds. The number of aliphatic hydroxyl groups excluding tert-OH is 1. The Hall–Kier alpha value is -1.87. The topological polar surface area (TPSA) is 42.4 Å². The van der Waals surface area contributed by atoms with Gasteiger partial charge in [0.2, 0.25) is 0 Å². The molecule has 0 spiro atoms. The van der Waals surface area contributed by atoms with Crippen LogP contribution in [0.1, 0.15) is 17.4 Å². The molecule has 88 valence electrons. The molecule has 0 radical (unpaired) electrons. The fraction of sp³-hybridized carbons (Fsp3) is 0.214. The third-order valence-corrected chi connectivity index (χ3v) is 2.63. The first-order valence-corrected chi connectivity index (χ1v) is 5.52. The van der Waals surface area contributed by atoms with Gasteiger partial charge < -0.3 is 9.84 Å². The Morgan fingerprint density at radius 1 is 1.18 bits per heavy atom. The molecule has 1 aromatic carbocycles. The number of aliphatic hydroxyl groups is 1. The average Bonchev–Trinajstić information content (AvgIpc) is 2.40. The Bertz CT molecular complexity index is 471. The van der Waals surface area contributed by atoms with Gasteiger partial charge >= 0.3 is 0 Å². The van der Waals surface area contributed by atoms with Gasteiger partial charge in [-0.05, 0) is 18.2 Å². The van der Waals surface area contributed by atoms with E-state index in [1.165, 1.54) is 0 Å². The van der Waals surface area contributed by atoms with E-state index in [9.17, 15) is 5.11 Å². The van der Waals surface area contributed by atoms with Gasteiger partial charge in [-0.2, -0.15) is 0 Å². The van der Waals surface area contributed by atoms with Crippen molar-refractivity contribution in [3.8, 4) is 5.75 Å². The molecule has 1 N–H and O–H groups in total. The molecule has 17 heavy (non-hydrogen) atoms. The number of ether oxygens (including phenoxy) is 1. The minimum Gasteiger partial charge on any atom is -0.496 e. The average molecular weight is 229 g/mol. The van der Waals surface area contributed by atoms with E-state index >= 15 is 0 Å². The molecular weight excluding hydrogens is 214 g/mol. The van der Waals surface area contributed by atoms with Gasteiger partial charge in [0.1, 0.15) is 5.75 Å². The van der Waals surface area contributed by atoms with Crippen LogP contribution in [0.25, 0.3) is 0 Å². The van der Waals surface area contributed by atoms with Crippen molar-refractivity contribution in [2.75, 3.05) is 7.11 Å². The van der Waals surface area contributed by atoms with Crippen molar-refractivity contribution >= 4 is 0 Å². The lowest BCUT2D eigenvalue weighted by Gasteiger charge is -2.14. The zero-order valence-electron chi connectivity index (χ0n) is 9.71. The summed E-state index contributed by atoms with van der Waals surface area (Å²) in [6.45, 7) is 0. The van der Waals surface area contributed by atoms with Crippen molar-refractivity contribution in [3.63, 3.8) is 0 Å². The summed E-state index contributed by atoms with van der Waals surface area (Å²) in [6.07, 6.45) is 1.62. The maximum absolute atomic E-state index is 10.2. The second-order valence-corrected chi connectivity index (χ2v) is 3.78. The molecule has 1 heterocycles. The number of para-hydroxylation sites is 1. The standard InChI is InChI=1S/C14H15NO2/c1-17-14-8-3-2-7-12(14)13(16)10-11-6-4-5-9-15-11/h2-9,13,16H,10H2,1H3. The summed E-state index contributed by atoms with van der Waals surface area (Å²) in [4.78, 5) is 4.20. The summed E-state index contributed by atoms with van der Waals surface area (Å²) in [5.74, 6) is 0.705. The van der Waals surface area contributed by atoms with Crippen molar-refractivity contribution in [2.24, 2.45) is 0 Å². The van der Waals surface area contributed by atoms with Crippen LogP contribution >= 0.6 is 0 Å². The Morgan fingerprint density at radius 2 is 1.94 bits per heavy atom. The highest BCUT2D eigenvalue weighted by Crippen LogP contribution is 2.26. The van der Waals surface area contributed by atoms with Crippen molar-refractivity contribution < 1.29 is 9.84 Å². The van der Waals surface area contributed by atoms with E-state index < -0.39 is 6.10 Å². The van der Waals surface area contributed by atoms with E-state index in [4.69, 9.17) is 4.74 Å². The molecule has 0 aliphatic carbocycles. The highest BCUT2D eigenvalue weighted by Gasteiger charge is 2.13. The van der Waals surface area contributed by atoms with Crippen LogP contribution in [0.4, 0.5) is 0 Å². The number of nitrogens with zero attached hydrogens (tertiary/aromatic N) is 1. The van der Waals surface area contributed by atoms with Crippen molar-refractivity contribution in [3.05, 3.63) is 59.9 Å². The Labute approximate surface area is 101 Å². The molecule has 1 unspecified atom stereocenters. The molecule has 1 atom stereocenters. The Balaban J connectivity index is 2.17. The van der Waals surface area contributed by atoms with Crippen LogP contribution in [0.5, 0.6) is 5.75 Å². The van der Waals surface area contributed by atoms with Gasteiger partial charge in [-0.15, -0.1) is 0 Å². The van der Waals surface area contributed by atoms with Crippen LogP contribution in [0.15, 0.2) is 48.7 Å². The number of methoxy groups -OCH3 is 1. The lowest BCUT2D eigenvalue weighted by Crippen LogP contribution is -2.05. The third-order valence-electron chi connectivity index (χ3n) is 2.63. The highest BCUT2D eigenvalue weighted by molar-refractivity contribution is 5.35. The van der Waals surface area contributed by atoms with Crippen molar-refractivity contribution in [1.29, 1.82) is 0 Å². The largest absolute Gasteiger partial charge is 0.496 e. The summed E-state index contributed by atoms with van der Waals surface area (Å²) in [5.41, 5.74) is 1.66. The summed E-state index contributed by atoms with van der Waals surface area (Å²) < 4.78 is 5.22. The lowest BCUT2D eigenvalue weighted by molar-refractivity contribution is 0.173. The first-order valence-electron chi connectivity index (χ1n) is 5.52. The van der Waals surface area contributed by atoms with Crippen LogP contribution in [-0.4, -0.2) is 17.2 Å². The van der Waals surface area contributed by atoms with Gasteiger partial charge in [0.05, 0.1) is 13.2 Å². The van der Waals surface area contributed by atoms with Gasteiger partial charge in [0.25, 0.3) is 0 Å². The first kappa shape index (κ1) is 11.6. The fourth-order valence-electron chi connectivity index (χ4n) is 1.77. The fourth-order valence-corrected chi connectivity index (χ4v) is 1.77. The highest BCUT2D eigenvalue weighted by atomic mass is 16.5. The molecule has 0 fully saturated rings. The molecule has 0 saturated carbocycles. The summed E-state index contributed by atoms with van der Waals surface area (Å²) >= 11 is 0. The maximum Gasteiger partial charge on any atom is 0.124 e. The summed E-state index contributed by atoms with van der Waals surface area (Å²) in [6, 6.07) is 13.2. The predicted octanol–water partition coefficient (Wildman–Crippen LogP) is 2.37. The Morgan fingerprint density at radius 3 is 2.65 bits per heavy atom. The smallest absolute Gasteiger partial charge is 0.124 e. The molecule has 2 rings (SSSR count). The van der Waals surface area contributed by atoms with E-state index in [0.29, 0.717) is 12.2 Å². The number of pyridine rings is 1. The summed E-state index contributed by atoms with van der Waals surface area (Å²) in [5, 5.41) is 10.2. The monoisotopic (exact) mass is 229 g/mol. The van der Waals surface area contributed by atoms with E-state index in [1.54, 1.807) is 13.3 Å². The van der Waals surface area contributed by atoms with Gasteiger partial charge in [-0.25, -0.2) is 0 Å². The van der Waals surface area contributed by atoms with E-state index in [1.807, 2.05) is 42.5 Å². The second-order valence-electron chi connectivity index (χ2n) is 3.78. The number of aromatic nitrogens is 1. The quantitative estimate of drug-likeness (QED) is 0.875. The van der Waals surface area contributed by atoms with Gasteiger partial charge in [0, 0.05) is 23.9 Å². The second kappa shape index (κ2) is 5.46. The van der Waals surface area contributed by atoms with Crippen LogP contribution in [0.2, 0.25) is 0 Å². The van der Waals surface area contributed by atoms with Crippen LogP contribution < -0.4 is 4.74 Å². The minimum absolute atomic E-state index is 0.487.